The van der Waals surface area contributed by atoms with E-state index < -0.39 is 34.3 Å². The highest BCUT2D eigenvalue weighted by Gasteiger charge is 2.33. The van der Waals surface area contributed by atoms with Gasteiger partial charge in [0, 0.05) is 18.7 Å². The molecule has 1 N–H and O–H groups in total. The minimum atomic E-state index is -4.37. The summed E-state index contributed by atoms with van der Waals surface area (Å²) >= 11 is 0. The van der Waals surface area contributed by atoms with E-state index >= 15 is 0 Å². The molecule has 11 heteroatoms. The largest absolute Gasteiger partial charge is 0.493 e. The third-order valence-electron chi connectivity index (χ3n) is 6.41. The first-order chi connectivity index (χ1) is 19.4. The highest BCUT2D eigenvalue weighted by molar-refractivity contribution is 7.92. The van der Waals surface area contributed by atoms with Crippen molar-refractivity contribution in [1.29, 1.82) is 0 Å². The van der Waals surface area contributed by atoms with Crippen LogP contribution in [-0.4, -0.2) is 58.0 Å². The van der Waals surface area contributed by atoms with Crippen LogP contribution in [0.5, 0.6) is 11.5 Å². The zero-order valence-electron chi connectivity index (χ0n) is 24.0. The lowest BCUT2D eigenvalue weighted by Crippen LogP contribution is -2.52. The molecular weight excluding hydrogens is 549 g/mol. The number of benzene rings is 3. The Kier molecular flexibility index (Phi) is 10.3. The Hall–Kier alpha value is -4.12. The second kappa shape index (κ2) is 13.5. The van der Waals surface area contributed by atoms with Crippen molar-refractivity contribution in [3.05, 3.63) is 83.7 Å². The molecule has 0 heterocycles. The van der Waals surface area contributed by atoms with Gasteiger partial charge in [0.15, 0.2) is 11.5 Å². The molecule has 1 unspecified atom stereocenters. The molecule has 2 amide bonds. The number of hydrogen-bond acceptors (Lipinski definition) is 6. The molecule has 0 radical (unpaired) electrons. The van der Waals surface area contributed by atoms with Crippen LogP contribution in [0.4, 0.5) is 10.1 Å². The number of carbonyl (C=O) groups excluding carboxylic acids is 2. The Morgan fingerprint density at radius 2 is 1.51 bits per heavy atom. The van der Waals surface area contributed by atoms with Crippen molar-refractivity contribution in [3.63, 3.8) is 0 Å². The van der Waals surface area contributed by atoms with Gasteiger partial charge in [-0.05, 0) is 69.7 Å². The maximum Gasteiger partial charge on any atom is 0.264 e. The molecule has 0 bridgehead atoms. The van der Waals surface area contributed by atoms with Crippen molar-refractivity contribution >= 4 is 27.5 Å². The molecular formula is C30H36FN3O6S. The lowest BCUT2D eigenvalue weighted by Gasteiger charge is -2.32. The average molecular weight is 586 g/mol. The second-order valence-corrected chi connectivity index (χ2v) is 11.7. The lowest BCUT2D eigenvalue weighted by atomic mass is 10.1. The number of methoxy groups -OCH3 is 2. The predicted octanol–water partition coefficient (Wildman–Crippen LogP) is 4.29. The van der Waals surface area contributed by atoms with Gasteiger partial charge in [-0.15, -0.1) is 0 Å². The molecule has 0 fully saturated rings. The molecule has 0 aliphatic carbocycles. The number of hydrogen-bond donors (Lipinski definition) is 1. The maximum absolute atomic E-state index is 14.0. The fourth-order valence-corrected chi connectivity index (χ4v) is 5.55. The summed E-state index contributed by atoms with van der Waals surface area (Å²) in [5, 5.41) is 2.81. The molecule has 0 saturated carbocycles. The number of aryl methyl sites for hydroxylation is 1. The van der Waals surface area contributed by atoms with Gasteiger partial charge in [-0.2, -0.15) is 0 Å². The van der Waals surface area contributed by atoms with Crippen molar-refractivity contribution in [2.75, 3.05) is 25.1 Å². The molecule has 41 heavy (non-hydrogen) atoms. The van der Waals surface area contributed by atoms with Crippen molar-refractivity contribution in [2.24, 2.45) is 0 Å². The van der Waals surface area contributed by atoms with E-state index in [-0.39, 0.29) is 34.8 Å². The molecule has 1 atom stereocenters. The van der Waals surface area contributed by atoms with E-state index in [0.29, 0.717) is 5.75 Å². The summed E-state index contributed by atoms with van der Waals surface area (Å²) in [6, 6.07) is 15.2. The Labute approximate surface area is 240 Å². The maximum atomic E-state index is 14.0. The van der Waals surface area contributed by atoms with E-state index in [1.807, 2.05) is 45.0 Å². The summed E-state index contributed by atoms with van der Waals surface area (Å²) in [7, 11) is -1.57. The SMILES string of the molecule is COc1ccc(S(=O)(=O)N(CC(=O)N(Cc2ccc(C)cc2)C(C)C(=O)NC(C)C)c2ccc(F)cc2)cc1OC. The summed E-state index contributed by atoms with van der Waals surface area (Å²) in [5.74, 6) is -1.06. The summed E-state index contributed by atoms with van der Waals surface area (Å²) in [4.78, 5) is 28.1. The molecule has 3 aromatic carbocycles. The minimum Gasteiger partial charge on any atom is -0.493 e. The summed E-state index contributed by atoms with van der Waals surface area (Å²) in [6.07, 6.45) is 0. The Morgan fingerprint density at radius 1 is 0.902 bits per heavy atom. The van der Waals surface area contributed by atoms with Crippen LogP contribution >= 0.6 is 0 Å². The molecule has 3 rings (SSSR count). The molecule has 0 aliphatic rings. The first kappa shape index (κ1) is 31.4. The summed E-state index contributed by atoms with van der Waals surface area (Å²) < 4.78 is 53.1. The first-order valence-corrected chi connectivity index (χ1v) is 14.5. The number of nitrogens with one attached hydrogen (secondary N) is 1. The number of ether oxygens (including phenoxy) is 2. The number of halogens is 1. The number of nitrogens with zero attached hydrogens (tertiary/aromatic N) is 2. The van der Waals surface area contributed by atoms with E-state index in [0.717, 1.165) is 27.6 Å². The monoisotopic (exact) mass is 585 g/mol. The van der Waals surface area contributed by atoms with Crippen LogP contribution in [0, 0.1) is 12.7 Å². The van der Waals surface area contributed by atoms with Crippen molar-refractivity contribution in [3.8, 4) is 11.5 Å². The predicted molar refractivity (Wildman–Crippen MR) is 155 cm³/mol. The topological polar surface area (TPSA) is 105 Å². The zero-order valence-corrected chi connectivity index (χ0v) is 24.9. The van der Waals surface area contributed by atoms with Gasteiger partial charge in [-0.1, -0.05) is 29.8 Å². The third kappa shape index (κ3) is 7.75. The van der Waals surface area contributed by atoms with Crippen LogP contribution < -0.4 is 19.1 Å². The van der Waals surface area contributed by atoms with Crippen LogP contribution in [0.15, 0.2) is 71.6 Å². The molecule has 220 valence electrons. The van der Waals surface area contributed by atoms with E-state index in [1.165, 1.54) is 49.5 Å². The molecule has 3 aromatic rings. The fourth-order valence-electron chi connectivity index (χ4n) is 4.12. The van der Waals surface area contributed by atoms with Gasteiger partial charge in [0.1, 0.15) is 18.4 Å². The number of sulfonamides is 1. The average Bonchev–Trinajstić information content (AvgIpc) is 2.94. The van der Waals surface area contributed by atoms with Gasteiger partial charge in [-0.25, -0.2) is 12.8 Å². The Balaban J connectivity index is 2.06. The van der Waals surface area contributed by atoms with E-state index in [9.17, 15) is 22.4 Å². The molecule has 0 aliphatic heterocycles. The minimum absolute atomic E-state index is 0.0689. The normalized spacial score (nSPS) is 12.0. The fraction of sp³-hybridized carbons (Fsp3) is 0.333. The molecule has 9 nitrogen and oxygen atoms in total. The van der Waals surface area contributed by atoms with Gasteiger partial charge in [0.2, 0.25) is 11.8 Å². The van der Waals surface area contributed by atoms with Gasteiger partial charge in [0.05, 0.1) is 24.8 Å². The summed E-state index contributed by atoms with van der Waals surface area (Å²) in [5.41, 5.74) is 1.87. The Bertz CT molecular complexity index is 1460. The van der Waals surface area contributed by atoms with Gasteiger partial charge in [0.25, 0.3) is 10.0 Å². The highest BCUT2D eigenvalue weighted by atomic mass is 32.2. The van der Waals surface area contributed by atoms with Gasteiger partial charge in [-0.3, -0.25) is 13.9 Å². The zero-order chi connectivity index (χ0) is 30.3. The van der Waals surface area contributed by atoms with Crippen LogP contribution in [0.3, 0.4) is 0 Å². The highest BCUT2D eigenvalue weighted by Crippen LogP contribution is 2.32. The van der Waals surface area contributed by atoms with E-state index in [1.54, 1.807) is 6.92 Å². The second-order valence-electron chi connectivity index (χ2n) is 9.85. The smallest absolute Gasteiger partial charge is 0.264 e. The Morgan fingerprint density at radius 3 is 2.07 bits per heavy atom. The number of carbonyl (C=O) groups is 2. The first-order valence-electron chi connectivity index (χ1n) is 13.0. The quantitative estimate of drug-likeness (QED) is 0.340. The third-order valence-corrected chi connectivity index (χ3v) is 8.18. The van der Waals surface area contributed by atoms with E-state index in [2.05, 4.69) is 5.32 Å². The van der Waals surface area contributed by atoms with Crippen molar-refractivity contribution < 1.29 is 31.9 Å². The number of anilines is 1. The molecule has 0 saturated heterocycles. The van der Waals surface area contributed by atoms with Crippen LogP contribution in [0.2, 0.25) is 0 Å². The molecule has 0 spiro atoms. The van der Waals surface area contributed by atoms with Crippen LogP contribution in [0.25, 0.3) is 0 Å². The van der Waals surface area contributed by atoms with Crippen molar-refractivity contribution in [1.82, 2.24) is 10.2 Å². The summed E-state index contributed by atoms with van der Waals surface area (Å²) in [6.45, 7) is 6.57. The van der Waals surface area contributed by atoms with Crippen LogP contribution in [0.1, 0.15) is 31.9 Å². The lowest BCUT2D eigenvalue weighted by molar-refractivity contribution is -0.139. The van der Waals surface area contributed by atoms with Gasteiger partial charge < -0.3 is 19.7 Å². The van der Waals surface area contributed by atoms with Crippen molar-refractivity contribution in [2.45, 2.75) is 51.2 Å². The standard InChI is InChI=1S/C30H36FN3O6S/c1-20(2)32-30(36)22(4)33(18-23-9-7-21(3)8-10-23)29(35)19-34(25-13-11-24(31)12-14-25)41(37,38)26-15-16-27(39-5)28(17-26)40-6/h7-17,20,22H,18-19H2,1-6H3,(H,32,36). The van der Waals surface area contributed by atoms with Crippen LogP contribution in [-0.2, 0) is 26.2 Å². The van der Waals surface area contributed by atoms with E-state index in [4.69, 9.17) is 9.47 Å². The number of amides is 2. The van der Waals surface area contributed by atoms with Gasteiger partial charge >= 0.3 is 0 Å². The number of rotatable bonds is 12. The molecule has 0 aromatic heterocycles.